The van der Waals surface area contributed by atoms with Crippen molar-refractivity contribution in [3.05, 3.63) is 30.1 Å². The SMILES string of the molecule is CC(NC(=O)[C@H]1CCN[C@@H](C)C1)c1ccccn1. The van der Waals surface area contributed by atoms with Crippen LogP contribution in [0.2, 0.25) is 0 Å². The van der Waals surface area contributed by atoms with Gasteiger partial charge in [-0.1, -0.05) is 6.07 Å². The molecule has 98 valence electrons. The first-order chi connectivity index (χ1) is 8.66. The molecule has 0 saturated carbocycles. The van der Waals surface area contributed by atoms with Crippen molar-refractivity contribution in [3.63, 3.8) is 0 Å². The standard InChI is InChI=1S/C14H21N3O/c1-10-9-12(6-8-15-10)14(18)17-11(2)13-5-3-4-7-16-13/h3-5,7,10-12,15H,6,8-9H2,1-2H3,(H,17,18)/t10-,11?,12-/m0/s1. The van der Waals surface area contributed by atoms with Gasteiger partial charge < -0.3 is 10.6 Å². The number of aromatic nitrogens is 1. The Bertz CT molecular complexity index is 393. The molecular weight excluding hydrogens is 226 g/mol. The van der Waals surface area contributed by atoms with Crippen LogP contribution in [-0.2, 0) is 4.79 Å². The number of pyridine rings is 1. The summed E-state index contributed by atoms with van der Waals surface area (Å²) in [6, 6.07) is 6.17. The van der Waals surface area contributed by atoms with E-state index in [1.165, 1.54) is 0 Å². The maximum atomic E-state index is 12.2. The van der Waals surface area contributed by atoms with E-state index in [1.807, 2.05) is 25.1 Å². The molecule has 4 heteroatoms. The van der Waals surface area contributed by atoms with Crippen molar-refractivity contribution < 1.29 is 4.79 Å². The third-order valence-electron chi connectivity index (χ3n) is 3.48. The molecule has 0 aromatic carbocycles. The van der Waals surface area contributed by atoms with Gasteiger partial charge in [0.15, 0.2) is 0 Å². The van der Waals surface area contributed by atoms with Crippen LogP contribution in [0.15, 0.2) is 24.4 Å². The van der Waals surface area contributed by atoms with E-state index in [4.69, 9.17) is 0 Å². The van der Waals surface area contributed by atoms with Crippen LogP contribution in [0.25, 0.3) is 0 Å². The molecule has 1 aliphatic rings. The Morgan fingerprint density at radius 2 is 2.39 bits per heavy atom. The van der Waals surface area contributed by atoms with Crippen molar-refractivity contribution in [2.45, 2.75) is 38.8 Å². The molecule has 0 aliphatic carbocycles. The average Bonchev–Trinajstić information content (AvgIpc) is 2.39. The lowest BCUT2D eigenvalue weighted by atomic mass is 9.92. The molecule has 1 aromatic heterocycles. The maximum Gasteiger partial charge on any atom is 0.223 e. The predicted octanol–water partition coefficient (Wildman–Crippen LogP) is 1.65. The van der Waals surface area contributed by atoms with Crippen molar-refractivity contribution in [1.82, 2.24) is 15.6 Å². The normalized spacial score (nSPS) is 25.4. The highest BCUT2D eigenvalue weighted by atomic mass is 16.1. The Morgan fingerprint density at radius 1 is 1.56 bits per heavy atom. The van der Waals surface area contributed by atoms with Crippen molar-refractivity contribution in [2.75, 3.05) is 6.54 Å². The summed E-state index contributed by atoms with van der Waals surface area (Å²) in [5, 5.41) is 6.42. The summed E-state index contributed by atoms with van der Waals surface area (Å²) in [6.07, 6.45) is 3.59. The smallest absolute Gasteiger partial charge is 0.223 e. The molecule has 2 N–H and O–H groups in total. The number of nitrogens with one attached hydrogen (secondary N) is 2. The molecule has 1 saturated heterocycles. The molecule has 1 unspecified atom stereocenters. The lowest BCUT2D eigenvalue weighted by molar-refractivity contribution is -0.126. The molecule has 1 fully saturated rings. The molecule has 2 rings (SSSR count). The monoisotopic (exact) mass is 247 g/mol. The maximum absolute atomic E-state index is 12.2. The molecular formula is C14H21N3O. The van der Waals surface area contributed by atoms with E-state index in [-0.39, 0.29) is 17.9 Å². The fraction of sp³-hybridized carbons (Fsp3) is 0.571. The Morgan fingerprint density at radius 3 is 3.06 bits per heavy atom. The summed E-state index contributed by atoms with van der Waals surface area (Å²) >= 11 is 0. The number of carbonyl (C=O) groups is 1. The molecule has 0 spiro atoms. The fourth-order valence-corrected chi connectivity index (χ4v) is 2.41. The number of carbonyl (C=O) groups excluding carboxylic acids is 1. The van der Waals surface area contributed by atoms with Gasteiger partial charge in [0.05, 0.1) is 11.7 Å². The Balaban J connectivity index is 1.91. The predicted molar refractivity (Wildman–Crippen MR) is 71.0 cm³/mol. The van der Waals surface area contributed by atoms with E-state index in [2.05, 4.69) is 22.5 Å². The first kappa shape index (κ1) is 13.0. The quantitative estimate of drug-likeness (QED) is 0.854. The van der Waals surface area contributed by atoms with Crippen LogP contribution >= 0.6 is 0 Å². The second kappa shape index (κ2) is 5.96. The summed E-state index contributed by atoms with van der Waals surface area (Å²) in [5.74, 6) is 0.286. The lowest BCUT2D eigenvalue weighted by Crippen LogP contribution is -2.43. The molecule has 3 atom stereocenters. The average molecular weight is 247 g/mol. The van der Waals surface area contributed by atoms with E-state index in [1.54, 1.807) is 6.20 Å². The molecule has 2 heterocycles. The molecule has 0 radical (unpaired) electrons. The van der Waals surface area contributed by atoms with Crippen LogP contribution in [0.5, 0.6) is 0 Å². The summed E-state index contributed by atoms with van der Waals surface area (Å²) in [6.45, 7) is 5.03. The minimum atomic E-state index is -0.0242. The minimum Gasteiger partial charge on any atom is -0.348 e. The van der Waals surface area contributed by atoms with Gasteiger partial charge in [0.1, 0.15) is 0 Å². The van der Waals surface area contributed by atoms with Crippen molar-refractivity contribution in [1.29, 1.82) is 0 Å². The first-order valence-corrected chi connectivity index (χ1v) is 6.61. The van der Waals surface area contributed by atoms with Crippen LogP contribution in [-0.4, -0.2) is 23.5 Å². The molecule has 1 aliphatic heterocycles. The third-order valence-corrected chi connectivity index (χ3v) is 3.48. The van der Waals surface area contributed by atoms with Gasteiger partial charge in [-0.15, -0.1) is 0 Å². The zero-order valence-corrected chi connectivity index (χ0v) is 11.0. The topological polar surface area (TPSA) is 54.0 Å². The second-order valence-electron chi connectivity index (χ2n) is 5.06. The van der Waals surface area contributed by atoms with Crippen molar-refractivity contribution in [2.24, 2.45) is 5.92 Å². The number of rotatable bonds is 3. The Hall–Kier alpha value is -1.42. The number of nitrogens with zero attached hydrogens (tertiary/aromatic N) is 1. The molecule has 4 nitrogen and oxygen atoms in total. The molecule has 1 aromatic rings. The summed E-state index contributed by atoms with van der Waals surface area (Å²) in [7, 11) is 0. The largest absolute Gasteiger partial charge is 0.348 e. The van der Waals surface area contributed by atoms with Gasteiger partial charge in [0.2, 0.25) is 5.91 Å². The highest BCUT2D eigenvalue weighted by Gasteiger charge is 2.25. The van der Waals surface area contributed by atoms with Gasteiger partial charge in [-0.25, -0.2) is 0 Å². The van der Waals surface area contributed by atoms with E-state index in [0.717, 1.165) is 25.1 Å². The summed E-state index contributed by atoms with van der Waals surface area (Å²) in [4.78, 5) is 16.4. The van der Waals surface area contributed by atoms with E-state index >= 15 is 0 Å². The summed E-state index contributed by atoms with van der Waals surface area (Å²) in [5.41, 5.74) is 0.910. The van der Waals surface area contributed by atoms with Gasteiger partial charge in [0.25, 0.3) is 0 Å². The third kappa shape index (κ3) is 3.29. The molecule has 1 amide bonds. The lowest BCUT2D eigenvalue weighted by Gasteiger charge is -2.28. The first-order valence-electron chi connectivity index (χ1n) is 6.61. The van der Waals surface area contributed by atoms with Gasteiger partial charge >= 0.3 is 0 Å². The Kier molecular flexibility index (Phi) is 4.31. The van der Waals surface area contributed by atoms with Crippen LogP contribution in [0, 0.1) is 5.92 Å². The van der Waals surface area contributed by atoms with Crippen molar-refractivity contribution in [3.8, 4) is 0 Å². The fourth-order valence-electron chi connectivity index (χ4n) is 2.41. The van der Waals surface area contributed by atoms with E-state index < -0.39 is 0 Å². The highest BCUT2D eigenvalue weighted by molar-refractivity contribution is 5.79. The van der Waals surface area contributed by atoms with Crippen LogP contribution in [0.4, 0.5) is 0 Å². The zero-order valence-electron chi connectivity index (χ0n) is 11.0. The van der Waals surface area contributed by atoms with Gasteiger partial charge in [0, 0.05) is 18.2 Å². The minimum absolute atomic E-state index is 0.0242. The second-order valence-corrected chi connectivity index (χ2v) is 5.06. The summed E-state index contributed by atoms with van der Waals surface area (Å²) < 4.78 is 0. The van der Waals surface area contributed by atoms with Gasteiger partial charge in [-0.2, -0.15) is 0 Å². The Labute approximate surface area is 108 Å². The van der Waals surface area contributed by atoms with Gasteiger partial charge in [-0.3, -0.25) is 9.78 Å². The zero-order chi connectivity index (χ0) is 13.0. The van der Waals surface area contributed by atoms with E-state index in [9.17, 15) is 4.79 Å². The molecule has 0 bridgehead atoms. The number of piperidine rings is 1. The van der Waals surface area contributed by atoms with Crippen LogP contribution in [0.1, 0.15) is 38.4 Å². The van der Waals surface area contributed by atoms with Gasteiger partial charge in [-0.05, 0) is 45.4 Å². The van der Waals surface area contributed by atoms with E-state index in [0.29, 0.717) is 6.04 Å². The number of hydrogen-bond acceptors (Lipinski definition) is 3. The van der Waals surface area contributed by atoms with Crippen LogP contribution < -0.4 is 10.6 Å². The molecule has 18 heavy (non-hydrogen) atoms. The van der Waals surface area contributed by atoms with Crippen molar-refractivity contribution >= 4 is 5.91 Å². The van der Waals surface area contributed by atoms with Crippen LogP contribution in [0.3, 0.4) is 0 Å². The number of amides is 1. The number of hydrogen-bond donors (Lipinski definition) is 2. The highest BCUT2D eigenvalue weighted by Crippen LogP contribution is 2.18.